The quantitative estimate of drug-likeness (QED) is 0.669. The largest absolute Gasteiger partial charge is 0.495 e. The third-order valence-electron chi connectivity index (χ3n) is 3.57. The maximum absolute atomic E-state index is 12.2. The van der Waals surface area contributed by atoms with E-state index in [-0.39, 0.29) is 23.0 Å². The number of methoxy groups -OCH3 is 1. The van der Waals surface area contributed by atoms with Crippen molar-refractivity contribution in [1.29, 1.82) is 0 Å². The topological polar surface area (TPSA) is 114 Å². The highest BCUT2D eigenvalue weighted by Gasteiger charge is 2.16. The summed E-state index contributed by atoms with van der Waals surface area (Å²) in [5.41, 5.74) is 0.289. The van der Waals surface area contributed by atoms with E-state index < -0.39 is 10.0 Å². The monoisotopic (exact) mass is 342 g/mol. The van der Waals surface area contributed by atoms with Crippen LogP contribution in [0.2, 0.25) is 0 Å². The molecule has 0 aliphatic carbocycles. The fourth-order valence-corrected chi connectivity index (χ4v) is 2.95. The predicted molar refractivity (Wildman–Crippen MR) is 86.9 cm³/mol. The van der Waals surface area contributed by atoms with Crippen LogP contribution in [0.5, 0.6) is 5.75 Å². The summed E-state index contributed by atoms with van der Waals surface area (Å²) in [7, 11) is -2.40. The molecule has 0 spiro atoms. The number of benzene rings is 1. The third-order valence-corrected chi connectivity index (χ3v) is 4.48. The van der Waals surface area contributed by atoms with Gasteiger partial charge in [0.1, 0.15) is 5.75 Å². The Bertz CT molecular complexity index is 655. The first-order valence-corrected chi connectivity index (χ1v) is 8.88. The molecule has 1 saturated heterocycles. The van der Waals surface area contributed by atoms with E-state index in [1.54, 1.807) is 0 Å². The second-order valence-electron chi connectivity index (χ2n) is 5.33. The lowest BCUT2D eigenvalue weighted by Crippen LogP contribution is -2.35. The highest BCUT2D eigenvalue weighted by Crippen LogP contribution is 2.27. The summed E-state index contributed by atoms with van der Waals surface area (Å²) >= 11 is 0. The summed E-state index contributed by atoms with van der Waals surface area (Å²) < 4.78 is 28.0. The number of nitrogens with one attached hydrogen (secondary N) is 2. The van der Waals surface area contributed by atoms with Crippen LogP contribution >= 0.6 is 0 Å². The zero-order valence-electron chi connectivity index (χ0n) is 13.0. The van der Waals surface area contributed by atoms with Gasteiger partial charge < -0.3 is 15.4 Å². The number of carbonyl (C=O) groups is 1. The molecule has 128 valence electrons. The third kappa shape index (κ3) is 5.17. The Morgan fingerprint density at radius 3 is 2.87 bits per heavy atom. The van der Waals surface area contributed by atoms with Crippen LogP contribution in [0.1, 0.15) is 6.42 Å². The van der Waals surface area contributed by atoms with Gasteiger partial charge >= 0.3 is 0 Å². The smallest absolute Gasteiger partial charge is 0.238 e. The van der Waals surface area contributed by atoms with Gasteiger partial charge in [0, 0.05) is 13.1 Å². The summed E-state index contributed by atoms with van der Waals surface area (Å²) in [4.78, 5) is 14.2. The van der Waals surface area contributed by atoms with Gasteiger partial charge in [-0.2, -0.15) is 0 Å². The molecule has 2 rings (SSSR count). The minimum atomic E-state index is -3.84. The molecule has 0 radical (unpaired) electrons. The molecule has 1 amide bonds. The first kappa shape index (κ1) is 17.7. The van der Waals surface area contributed by atoms with Crippen LogP contribution in [-0.2, 0) is 14.8 Å². The van der Waals surface area contributed by atoms with Crippen molar-refractivity contribution in [3.63, 3.8) is 0 Å². The van der Waals surface area contributed by atoms with E-state index in [9.17, 15) is 13.2 Å². The average Bonchev–Trinajstić information content (AvgIpc) is 2.74. The van der Waals surface area contributed by atoms with Gasteiger partial charge in [-0.15, -0.1) is 0 Å². The van der Waals surface area contributed by atoms with Gasteiger partial charge in [-0.05, 0) is 37.7 Å². The lowest BCUT2D eigenvalue weighted by atomic mass is 10.3. The van der Waals surface area contributed by atoms with Crippen LogP contribution < -0.4 is 20.5 Å². The predicted octanol–water partition coefficient (Wildman–Crippen LogP) is -0.424. The standard InChI is InChI=1S/C14H22N4O4S/c1-22-13-4-3-11(23(15,20)21)9-12(13)17-14(19)10-18-7-2-5-16-6-8-18/h3-4,9,16H,2,5-8,10H2,1H3,(H,17,19)(H2,15,20,21). The van der Waals surface area contributed by atoms with Crippen LogP contribution in [0, 0.1) is 0 Å². The molecule has 1 aromatic rings. The number of amides is 1. The number of rotatable bonds is 5. The molecule has 1 aromatic carbocycles. The van der Waals surface area contributed by atoms with E-state index >= 15 is 0 Å². The number of carbonyl (C=O) groups excluding carboxylic acids is 1. The molecule has 0 unspecified atom stereocenters. The van der Waals surface area contributed by atoms with Crippen molar-refractivity contribution in [2.24, 2.45) is 5.14 Å². The number of sulfonamides is 1. The lowest BCUT2D eigenvalue weighted by Gasteiger charge is -2.19. The molecule has 1 aliphatic heterocycles. The molecule has 1 aliphatic rings. The summed E-state index contributed by atoms with van der Waals surface area (Å²) in [5, 5.41) is 11.1. The molecular formula is C14H22N4O4S. The molecular weight excluding hydrogens is 320 g/mol. The number of anilines is 1. The van der Waals surface area contributed by atoms with E-state index in [0.29, 0.717) is 5.75 Å². The van der Waals surface area contributed by atoms with Gasteiger partial charge in [0.15, 0.2) is 0 Å². The second kappa shape index (κ2) is 7.73. The number of primary sulfonamides is 1. The number of hydrogen-bond donors (Lipinski definition) is 3. The lowest BCUT2D eigenvalue weighted by molar-refractivity contribution is -0.117. The van der Waals surface area contributed by atoms with E-state index in [4.69, 9.17) is 9.88 Å². The highest BCUT2D eigenvalue weighted by atomic mass is 32.2. The van der Waals surface area contributed by atoms with Crippen LogP contribution in [0.4, 0.5) is 5.69 Å². The summed E-state index contributed by atoms with van der Waals surface area (Å²) in [6.07, 6.45) is 0.984. The summed E-state index contributed by atoms with van der Waals surface area (Å²) in [6.45, 7) is 3.67. The van der Waals surface area contributed by atoms with Crippen LogP contribution in [0.15, 0.2) is 23.1 Å². The maximum atomic E-state index is 12.2. The normalized spacial score (nSPS) is 16.6. The Labute approximate surface area is 136 Å². The minimum absolute atomic E-state index is 0.0763. The van der Waals surface area contributed by atoms with Gasteiger partial charge in [-0.1, -0.05) is 0 Å². The van der Waals surface area contributed by atoms with E-state index in [1.807, 2.05) is 4.90 Å². The van der Waals surface area contributed by atoms with E-state index in [2.05, 4.69) is 10.6 Å². The summed E-state index contributed by atoms with van der Waals surface area (Å²) in [6, 6.07) is 4.10. The number of ether oxygens (including phenoxy) is 1. The van der Waals surface area contributed by atoms with E-state index in [0.717, 1.165) is 32.6 Å². The number of nitrogens with two attached hydrogens (primary N) is 1. The highest BCUT2D eigenvalue weighted by molar-refractivity contribution is 7.89. The molecule has 9 heteroatoms. The molecule has 8 nitrogen and oxygen atoms in total. The van der Waals surface area contributed by atoms with Crippen molar-refractivity contribution in [2.45, 2.75) is 11.3 Å². The van der Waals surface area contributed by atoms with Crippen molar-refractivity contribution in [2.75, 3.05) is 45.2 Å². The molecule has 0 saturated carbocycles. The van der Waals surface area contributed by atoms with Crippen LogP contribution in [-0.4, -0.2) is 59.1 Å². The molecule has 4 N–H and O–H groups in total. The number of nitrogens with zero attached hydrogens (tertiary/aromatic N) is 1. The molecule has 1 heterocycles. The van der Waals surface area contributed by atoms with Gasteiger partial charge in [0.05, 0.1) is 24.2 Å². The second-order valence-corrected chi connectivity index (χ2v) is 6.90. The van der Waals surface area contributed by atoms with Crippen molar-refractivity contribution in [3.8, 4) is 5.75 Å². The van der Waals surface area contributed by atoms with Gasteiger partial charge in [0.25, 0.3) is 0 Å². The van der Waals surface area contributed by atoms with Crippen molar-refractivity contribution in [3.05, 3.63) is 18.2 Å². The Hall–Kier alpha value is -1.68. The Balaban J connectivity index is 2.09. The summed E-state index contributed by atoms with van der Waals surface area (Å²) in [5.74, 6) is 0.153. The Kier molecular flexibility index (Phi) is 5.94. The van der Waals surface area contributed by atoms with Gasteiger partial charge in [-0.3, -0.25) is 9.69 Å². The average molecular weight is 342 g/mol. The molecule has 0 bridgehead atoms. The zero-order chi connectivity index (χ0) is 16.9. The SMILES string of the molecule is COc1ccc(S(N)(=O)=O)cc1NC(=O)CN1CCCNCC1. The van der Waals surface area contributed by atoms with Crippen molar-refractivity contribution >= 4 is 21.6 Å². The van der Waals surface area contributed by atoms with Gasteiger partial charge in [-0.25, -0.2) is 13.6 Å². The number of hydrogen-bond acceptors (Lipinski definition) is 6. The fourth-order valence-electron chi connectivity index (χ4n) is 2.41. The minimum Gasteiger partial charge on any atom is -0.495 e. The first-order chi connectivity index (χ1) is 10.9. The van der Waals surface area contributed by atoms with Crippen LogP contribution in [0.3, 0.4) is 0 Å². The maximum Gasteiger partial charge on any atom is 0.238 e. The van der Waals surface area contributed by atoms with Crippen LogP contribution in [0.25, 0.3) is 0 Å². The van der Waals surface area contributed by atoms with Crippen molar-refractivity contribution < 1.29 is 17.9 Å². The first-order valence-electron chi connectivity index (χ1n) is 7.34. The van der Waals surface area contributed by atoms with E-state index in [1.165, 1.54) is 25.3 Å². The Morgan fingerprint density at radius 2 is 2.17 bits per heavy atom. The molecule has 0 aromatic heterocycles. The zero-order valence-corrected chi connectivity index (χ0v) is 13.9. The Morgan fingerprint density at radius 1 is 1.39 bits per heavy atom. The molecule has 1 fully saturated rings. The fraction of sp³-hybridized carbons (Fsp3) is 0.500. The molecule has 23 heavy (non-hydrogen) atoms. The van der Waals surface area contributed by atoms with Crippen molar-refractivity contribution in [1.82, 2.24) is 10.2 Å². The van der Waals surface area contributed by atoms with Gasteiger partial charge in [0.2, 0.25) is 15.9 Å². The molecule has 0 atom stereocenters.